The van der Waals surface area contributed by atoms with E-state index < -0.39 is 0 Å². The highest BCUT2D eigenvalue weighted by atomic mass is 16.3. The highest BCUT2D eigenvalue weighted by Gasteiger charge is 2.17. The summed E-state index contributed by atoms with van der Waals surface area (Å²) in [5, 5.41) is 11.5. The number of fused-ring (bicyclic) bond motifs is 2. The minimum absolute atomic E-state index is 0.127. The Labute approximate surface area is 222 Å². The fraction of sp³-hybridized carbons (Fsp3) is 0.0333. The van der Waals surface area contributed by atoms with Gasteiger partial charge in [-0.15, -0.1) is 0 Å². The molecule has 1 amide bonds. The summed E-state index contributed by atoms with van der Waals surface area (Å²) in [6, 6.07) is 20.3. The molecule has 187 valence electrons. The van der Waals surface area contributed by atoms with Crippen LogP contribution in [-0.4, -0.2) is 36.0 Å². The molecule has 0 aliphatic carbocycles. The maximum Gasteiger partial charge on any atom is 0.228 e. The molecule has 9 nitrogen and oxygen atoms in total. The van der Waals surface area contributed by atoms with Crippen LogP contribution in [0.15, 0.2) is 96.3 Å². The van der Waals surface area contributed by atoms with Crippen molar-refractivity contribution < 1.29 is 9.21 Å². The number of furan rings is 1. The number of nitrogens with one attached hydrogen (secondary N) is 3. The van der Waals surface area contributed by atoms with E-state index in [2.05, 4.69) is 36.5 Å². The zero-order chi connectivity index (χ0) is 26.2. The van der Waals surface area contributed by atoms with Crippen molar-refractivity contribution in [1.82, 2.24) is 30.1 Å². The second kappa shape index (κ2) is 9.38. The van der Waals surface area contributed by atoms with Gasteiger partial charge in [-0.2, -0.15) is 5.10 Å². The van der Waals surface area contributed by atoms with Crippen LogP contribution in [0.5, 0.6) is 0 Å². The van der Waals surface area contributed by atoms with E-state index in [1.165, 1.54) is 0 Å². The molecular weight excluding hydrogens is 490 g/mol. The van der Waals surface area contributed by atoms with E-state index in [0.29, 0.717) is 17.2 Å². The average molecular weight is 511 g/mol. The van der Waals surface area contributed by atoms with Crippen molar-refractivity contribution in [2.24, 2.45) is 0 Å². The lowest BCUT2D eigenvalue weighted by Gasteiger charge is -2.08. The normalized spacial score (nSPS) is 11.3. The molecular formula is C30H20N7O2. The van der Waals surface area contributed by atoms with Crippen LogP contribution in [0.4, 0.5) is 5.69 Å². The molecule has 0 saturated heterocycles. The zero-order valence-corrected chi connectivity index (χ0v) is 20.5. The second-order valence-electron chi connectivity index (χ2n) is 9.09. The van der Waals surface area contributed by atoms with Crippen molar-refractivity contribution in [2.45, 2.75) is 6.42 Å². The molecule has 5 heterocycles. The zero-order valence-electron chi connectivity index (χ0n) is 20.5. The maximum absolute atomic E-state index is 12.6. The number of carbonyl (C=O) groups is 1. The number of pyridine rings is 2. The number of hydrogen-bond acceptors (Lipinski definition) is 6. The predicted molar refractivity (Wildman–Crippen MR) is 148 cm³/mol. The predicted octanol–water partition coefficient (Wildman–Crippen LogP) is 5.80. The Kier molecular flexibility index (Phi) is 5.44. The molecule has 0 aliphatic heterocycles. The van der Waals surface area contributed by atoms with Crippen LogP contribution in [0, 0.1) is 6.07 Å². The largest absolute Gasteiger partial charge is 0.472 e. The van der Waals surface area contributed by atoms with Gasteiger partial charge in [-0.25, -0.2) is 4.98 Å². The number of aromatic amines is 2. The number of amides is 1. The highest BCUT2D eigenvalue weighted by molar-refractivity contribution is 5.98. The van der Waals surface area contributed by atoms with Gasteiger partial charge in [0.1, 0.15) is 11.2 Å². The first-order chi connectivity index (χ1) is 19.2. The van der Waals surface area contributed by atoms with Crippen molar-refractivity contribution in [3.63, 3.8) is 0 Å². The fourth-order valence-electron chi connectivity index (χ4n) is 4.63. The molecule has 0 atom stereocenters. The number of aromatic nitrogens is 6. The molecule has 0 fully saturated rings. The summed E-state index contributed by atoms with van der Waals surface area (Å²) in [5.74, 6) is 0.501. The summed E-state index contributed by atoms with van der Waals surface area (Å²) >= 11 is 0. The topological polar surface area (TPSA) is 125 Å². The van der Waals surface area contributed by atoms with Gasteiger partial charge in [0.05, 0.1) is 48.1 Å². The lowest BCUT2D eigenvalue weighted by Crippen LogP contribution is -2.14. The Hall–Kier alpha value is -5.57. The van der Waals surface area contributed by atoms with Crippen molar-refractivity contribution in [3.8, 4) is 33.8 Å². The van der Waals surface area contributed by atoms with E-state index in [9.17, 15) is 4.79 Å². The second-order valence-corrected chi connectivity index (χ2v) is 9.09. The number of imidazole rings is 1. The minimum atomic E-state index is -0.127. The van der Waals surface area contributed by atoms with Gasteiger partial charge in [0.15, 0.2) is 5.82 Å². The number of hydrogen-bond donors (Lipinski definition) is 3. The molecule has 5 aromatic heterocycles. The van der Waals surface area contributed by atoms with Gasteiger partial charge >= 0.3 is 0 Å². The third-order valence-corrected chi connectivity index (χ3v) is 6.49. The van der Waals surface area contributed by atoms with Gasteiger partial charge < -0.3 is 14.7 Å². The van der Waals surface area contributed by atoms with Crippen LogP contribution in [0.2, 0.25) is 0 Å². The molecule has 39 heavy (non-hydrogen) atoms. The number of carbonyl (C=O) groups excluding carboxylic acids is 1. The molecule has 7 rings (SSSR count). The summed E-state index contributed by atoms with van der Waals surface area (Å²) in [7, 11) is 0. The first kappa shape index (κ1) is 22.6. The highest BCUT2D eigenvalue weighted by Crippen LogP contribution is 2.33. The third kappa shape index (κ3) is 4.31. The van der Waals surface area contributed by atoms with Crippen LogP contribution < -0.4 is 5.32 Å². The smallest absolute Gasteiger partial charge is 0.228 e. The van der Waals surface area contributed by atoms with Gasteiger partial charge in [0.2, 0.25) is 5.91 Å². The number of nitrogens with zero attached hydrogens (tertiary/aromatic N) is 4. The lowest BCUT2D eigenvalue weighted by molar-refractivity contribution is -0.115. The summed E-state index contributed by atoms with van der Waals surface area (Å²) < 4.78 is 5.25. The van der Waals surface area contributed by atoms with E-state index in [0.717, 1.165) is 49.8 Å². The Morgan fingerprint density at radius 1 is 0.949 bits per heavy atom. The van der Waals surface area contributed by atoms with Crippen molar-refractivity contribution >= 4 is 33.5 Å². The molecule has 2 aromatic carbocycles. The number of benzene rings is 2. The first-order valence-corrected chi connectivity index (χ1v) is 12.3. The summed E-state index contributed by atoms with van der Waals surface area (Å²) in [4.78, 5) is 29.5. The molecule has 1 radical (unpaired) electrons. The van der Waals surface area contributed by atoms with Crippen molar-refractivity contribution in [3.05, 3.63) is 104 Å². The van der Waals surface area contributed by atoms with Gasteiger partial charge in [-0.1, -0.05) is 30.3 Å². The molecule has 0 unspecified atom stereocenters. The maximum atomic E-state index is 12.6. The van der Waals surface area contributed by atoms with E-state index in [4.69, 9.17) is 9.40 Å². The monoisotopic (exact) mass is 510 g/mol. The summed E-state index contributed by atoms with van der Waals surface area (Å²) in [6.07, 6.45) is 10.5. The molecule has 3 N–H and O–H groups in total. The summed E-state index contributed by atoms with van der Waals surface area (Å²) in [6.45, 7) is 0. The summed E-state index contributed by atoms with van der Waals surface area (Å²) in [5.41, 5.74) is 8.18. The van der Waals surface area contributed by atoms with E-state index in [1.54, 1.807) is 43.4 Å². The number of rotatable bonds is 6. The first-order valence-electron chi connectivity index (χ1n) is 12.3. The molecule has 0 spiro atoms. The SMILES string of the molecule is O=C(Cc1[c]cccc1)Nc1cncc(-c2ccc3[nH]nc(-c4nc5c(-c6ccoc6)cncc5[nH]4)c3c2)c1. The fourth-order valence-corrected chi connectivity index (χ4v) is 4.63. The Bertz CT molecular complexity index is 1940. The lowest BCUT2D eigenvalue weighted by atomic mass is 10.0. The van der Waals surface area contributed by atoms with Crippen LogP contribution in [-0.2, 0) is 11.2 Å². The standard InChI is InChI=1S/C30H20N7O2/c38-27(10-18-4-2-1-3-5-18)33-22-11-21(13-31-14-22)19-6-7-25-23(12-19)29(37-36-25)30-34-26-16-32-15-24(28(26)35-30)20-8-9-39-17-20/h1-4,6-9,11-17H,10H2,(H,33,38)(H,34,35)(H,36,37). The van der Waals surface area contributed by atoms with Crippen molar-refractivity contribution in [1.29, 1.82) is 0 Å². The van der Waals surface area contributed by atoms with Crippen molar-refractivity contribution in [2.75, 3.05) is 5.32 Å². The third-order valence-electron chi connectivity index (χ3n) is 6.49. The quantitative estimate of drug-likeness (QED) is 0.259. The molecule has 7 aromatic rings. The van der Waals surface area contributed by atoms with Gasteiger partial charge in [-0.3, -0.25) is 19.9 Å². The minimum Gasteiger partial charge on any atom is -0.472 e. The van der Waals surface area contributed by atoms with Crippen LogP contribution in [0.3, 0.4) is 0 Å². The molecule has 0 aliphatic rings. The van der Waals surface area contributed by atoms with Crippen LogP contribution in [0.25, 0.3) is 55.7 Å². The molecule has 9 heteroatoms. The van der Waals surface area contributed by atoms with Gasteiger partial charge in [0.25, 0.3) is 0 Å². The van der Waals surface area contributed by atoms with Crippen LogP contribution in [0.1, 0.15) is 5.56 Å². The van der Waals surface area contributed by atoms with Gasteiger partial charge in [-0.05, 0) is 41.5 Å². The van der Waals surface area contributed by atoms with Gasteiger partial charge in [0, 0.05) is 34.5 Å². The molecule has 0 bridgehead atoms. The molecule has 0 saturated carbocycles. The Morgan fingerprint density at radius 3 is 2.77 bits per heavy atom. The van der Waals surface area contributed by atoms with E-state index in [1.807, 2.05) is 48.5 Å². The van der Waals surface area contributed by atoms with E-state index >= 15 is 0 Å². The number of H-pyrrole nitrogens is 2. The average Bonchev–Trinajstić information content (AvgIpc) is 3.73. The Balaban J connectivity index is 1.21. The van der Waals surface area contributed by atoms with Crippen LogP contribution >= 0.6 is 0 Å². The van der Waals surface area contributed by atoms with E-state index in [-0.39, 0.29) is 12.3 Å². The number of anilines is 1. The Morgan fingerprint density at radius 2 is 1.90 bits per heavy atom.